The first-order chi connectivity index (χ1) is 19.5. The van der Waals surface area contributed by atoms with Gasteiger partial charge < -0.3 is 19.8 Å². The number of carboxylic acid groups (broad SMARTS) is 2. The van der Waals surface area contributed by atoms with Gasteiger partial charge in [-0.3, -0.25) is 0 Å². The second kappa shape index (κ2) is 40.8. The van der Waals surface area contributed by atoms with E-state index in [0.717, 1.165) is 38.5 Å². The molecule has 0 radical (unpaired) electrons. The summed E-state index contributed by atoms with van der Waals surface area (Å²) in [5.74, 6) is -1.83. The molecule has 0 aliphatic carbocycles. The maximum atomic E-state index is 10.2. The molecular weight excluding hydrogens is 552 g/mol. The second-order valence-electron chi connectivity index (χ2n) is 11.1. The van der Waals surface area contributed by atoms with Crippen LogP contribution in [-0.2, 0) is 26.7 Å². The van der Waals surface area contributed by atoms with Crippen molar-refractivity contribution in [2.75, 3.05) is 0 Å². The van der Waals surface area contributed by atoms with Gasteiger partial charge in [0.05, 0.1) is 0 Å². The van der Waals surface area contributed by atoms with Crippen LogP contribution < -0.4 is 10.2 Å². The summed E-state index contributed by atoms with van der Waals surface area (Å²) < 4.78 is 0. The van der Waals surface area contributed by atoms with Gasteiger partial charge in [0, 0.05) is 11.9 Å². The molecule has 0 aliphatic heterocycles. The Hall–Kier alpha value is -1.32. The third kappa shape index (κ3) is 48.7. The fourth-order valence-corrected chi connectivity index (χ4v) is 4.50. The molecule has 0 fully saturated rings. The van der Waals surface area contributed by atoms with Crippen LogP contribution in [0.1, 0.15) is 181 Å². The Balaban J connectivity index is -0.000000688. The number of aliphatic carboxylic acids is 2. The Labute approximate surface area is 265 Å². The van der Waals surface area contributed by atoms with Crippen LogP contribution in [0.4, 0.5) is 0 Å². The normalized spacial score (nSPS) is 11.2. The first-order valence-electron chi connectivity index (χ1n) is 16.9. The third-order valence-corrected chi connectivity index (χ3v) is 7.07. The van der Waals surface area contributed by atoms with E-state index in [1.807, 2.05) is 0 Å². The summed E-state index contributed by atoms with van der Waals surface area (Å²) in [4.78, 5) is 20.4. The van der Waals surface area contributed by atoms with Gasteiger partial charge in [0.15, 0.2) is 0 Å². The van der Waals surface area contributed by atoms with Crippen LogP contribution in [0.2, 0.25) is 0 Å². The van der Waals surface area contributed by atoms with E-state index in [2.05, 4.69) is 50.3 Å². The Morgan fingerprint density at radius 3 is 1.05 bits per heavy atom. The van der Waals surface area contributed by atoms with Crippen LogP contribution in [0.15, 0.2) is 36.5 Å². The van der Waals surface area contributed by atoms with Crippen molar-refractivity contribution in [2.45, 2.75) is 181 Å². The van der Waals surface area contributed by atoms with Gasteiger partial charge in [-0.05, 0) is 44.9 Å². The molecule has 0 aromatic rings. The zero-order chi connectivity index (χ0) is 29.8. The van der Waals surface area contributed by atoms with Gasteiger partial charge in [-0.2, -0.15) is 0 Å². The van der Waals surface area contributed by atoms with Crippen molar-refractivity contribution in [3.05, 3.63) is 36.5 Å². The predicted molar refractivity (Wildman–Crippen MR) is 169 cm³/mol. The van der Waals surface area contributed by atoms with Crippen LogP contribution in [0.5, 0.6) is 0 Å². The molecule has 0 N–H and O–H groups in total. The molecular formula is C36H64FeO4. The molecule has 4 nitrogen and oxygen atoms in total. The fraction of sp³-hybridized carbons (Fsp3) is 0.778. The summed E-state index contributed by atoms with van der Waals surface area (Å²) >= 11 is 0. The van der Waals surface area contributed by atoms with E-state index in [9.17, 15) is 19.8 Å². The van der Waals surface area contributed by atoms with Gasteiger partial charge in [-0.25, -0.2) is 0 Å². The Morgan fingerprint density at radius 1 is 0.415 bits per heavy atom. The molecule has 41 heavy (non-hydrogen) atoms. The van der Waals surface area contributed by atoms with Crippen molar-refractivity contribution in [3.8, 4) is 0 Å². The van der Waals surface area contributed by atoms with E-state index < -0.39 is 11.9 Å². The maximum Gasteiger partial charge on any atom is 2.00 e. The van der Waals surface area contributed by atoms with Gasteiger partial charge in [-0.15, -0.1) is 0 Å². The average molecular weight is 617 g/mol. The number of unbranched alkanes of at least 4 members (excludes halogenated alkanes) is 21. The van der Waals surface area contributed by atoms with Gasteiger partial charge in [-0.1, -0.05) is 172 Å². The number of carbonyl (C=O) groups is 2. The zero-order valence-corrected chi connectivity index (χ0v) is 27.9. The Morgan fingerprint density at radius 2 is 0.707 bits per heavy atom. The minimum absolute atomic E-state index is 0. The zero-order valence-electron chi connectivity index (χ0n) is 26.8. The minimum Gasteiger partial charge on any atom is -0.550 e. The van der Waals surface area contributed by atoms with E-state index in [1.165, 1.54) is 116 Å². The molecule has 0 saturated carbocycles. The molecule has 0 unspecified atom stereocenters. The maximum absolute atomic E-state index is 10.2. The third-order valence-electron chi connectivity index (χ3n) is 7.07. The van der Waals surface area contributed by atoms with E-state index in [4.69, 9.17) is 0 Å². The molecule has 0 spiro atoms. The molecule has 0 bridgehead atoms. The van der Waals surface area contributed by atoms with Crippen LogP contribution >= 0.6 is 0 Å². The largest absolute Gasteiger partial charge is 2.00 e. The molecule has 0 aliphatic rings. The average Bonchev–Trinajstić information content (AvgIpc) is 2.93. The number of carboxylic acids is 2. The summed E-state index contributed by atoms with van der Waals surface area (Å²) in [6.07, 6.45) is 42.8. The van der Waals surface area contributed by atoms with Crippen molar-refractivity contribution < 1.29 is 36.9 Å². The number of hydrogen-bond donors (Lipinski definition) is 0. The molecule has 0 saturated heterocycles. The molecule has 0 aromatic heterocycles. The van der Waals surface area contributed by atoms with Crippen molar-refractivity contribution in [3.63, 3.8) is 0 Å². The number of allylic oxidation sites excluding steroid dienone is 6. The standard InChI is InChI=1S/C18H36O2.C18H30O2.Fe/c2*1-2-3-4-5-6-7-8-9-10-11-12-13-14-15-16-17-18(19)20;/h2-17H2,1H3,(H,19,20);5-10H,2-4,11-17H2,1H3,(H,19,20);/q;;+2/p-2. The number of hydrogen-bond acceptors (Lipinski definition) is 4. The van der Waals surface area contributed by atoms with Gasteiger partial charge in [0.2, 0.25) is 0 Å². The van der Waals surface area contributed by atoms with Crippen LogP contribution in [-0.4, -0.2) is 11.9 Å². The molecule has 0 heterocycles. The summed E-state index contributed by atoms with van der Waals surface area (Å²) in [5.41, 5.74) is 0. The van der Waals surface area contributed by atoms with Crippen molar-refractivity contribution in [1.82, 2.24) is 0 Å². The SMILES string of the molecule is CCCCC=CC=CC=CCCCCCCCC(=O)[O-].CCCCCCCCCCCCCCCCCC(=O)[O-].[Fe+2]. The van der Waals surface area contributed by atoms with Crippen molar-refractivity contribution in [1.29, 1.82) is 0 Å². The molecule has 0 amide bonds. The molecule has 240 valence electrons. The van der Waals surface area contributed by atoms with Gasteiger partial charge >= 0.3 is 17.1 Å². The monoisotopic (exact) mass is 616 g/mol. The minimum atomic E-state index is -0.927. The fourth-order valence-electron chi connectivity index (χ4n) is 4.50. The summed E-state index contributed by atoms with van der Waals surface area (Å²) in [6, 6.07) is 0. The van der Waals surface area contributed by atoms with Gasteiger partial charge in [0.25, 0.3) is 0 Å². The van der Waals surface area contributed by atoms with E-state index in [1.54, 1.807) is 0 Å². The van der Waals surface area contributed by atoms with Crippen LogP contribution in [0.3, 0.4) is 0 Å². The molecule has 0 rings (SSSR count). The second-order valence-corrected chi connectivity index (χ2v) is 11.1. The predicted octanol–water partition coefficient (Wildman–Crippen LogP) is 9.32. The molecule has 0 atom stereocenters. The summed E-state index contributed by atoms with van der Waals surface area (Å²) in [5, 5.41) is 20.4. The van der Waals surface area contributed by atoms with Crippen LogP contribution in [0, 0.1) is 0 Å². The molecule has 0 aromatic carbocycles. The van der Waals surface area contributed by atoms with Crippen molar-refractivity contribution in [2.24, 2.45) is 0 Å². The first-order valence-corrected chi connectivity index (χ1v) is 16.9. The Kier molecular flexibility index (Phi) is 43.9. The van der Waals surface area contributed by atoms with Crippen molar-refractivity contribution >= 4 is 11.9 Å². The summed E-state index contributed by atoms with van der Waals surface area (Å²) in [7, 11) is 0. The summed E-state index contributed by atoms with van der Waals surface area (Å²) in [6.45, 7) is 4.47. The van der Waals surface area contributed by atoms with Gasteiger partial charge in [0.1, 0.15) is 0 Å². The smallest absolute Gasteiger partial charge is 0.550 e. The number of rotatable bonds is 29. The quantitative estimate of drug-likeness (QED) is 0.0477. The first kappa shape index (κ1) is 44.1. The van der Waals surface area contributed by atoms with E-state index in [-0.39, 0.29) is 29.9 Å². The van der Waals surface area contributed by atoms with E-state index >= 15 is 0 Å². The number of carbonyl (C=O) groups excluding carboxylic acids is 2. The van der Waals surface area contributed by atoms with Crippen LogP contribution in [0.25, 0.3) is 0 Å². The van der Waals surface area contributed by atoms with E-state index in [0.29, 0.717) is 0 Å². The Bertz CT molecular complexity index is 613. The topological polar surface area (TPSA) is 80.3 Å². The molecule has 5 heteroatoms.